The number of benzene rings is 2. The minimum atomic E-state index is -1.04. The van der Waals surface area contributed by atoms with E-state index >= 15 is 0 Å². The number of ether oxygens (including phenoxy) is 3. The van der Waals surface area contributed by atoms with Gasteiger partial charge >= 0.3 is 5.97 Å². The second-order valence-electron chi connectivity index (χ2n) is 8.03. The molecule has 1 aromatic heterocycles. The van der Waals surface area contributed by atoms with Gasteiger partial charge in [-0.2, -0.15) is 0 Å². The first-order valence-electron chi connectivity index (χ1n) is 10.3. The molecule has 2 N–H and O–H groups in total. The Morgan fingerprint density at radius 2 is 1.81 bits per heavy atom. The van der Waals surface area contributed by atoms with E-state index in [9.17, 15) is 9.90 Å². The van der Waals surface area contributed by atoms with Gasteiger partial charge < -0.3 is 24.3 Å². The molecule has 1 aliphatic heterocycles. The summed E-state index contributed by atoms with van der Waals surface area (Å²) in [6, 6.07) is 15.5. The number of carbonyl (C=O) groups is 1. The second kappa shape index (κ2) is 9.26. The summed E-state index contributed by atoms with van der Waals surface area (Å²) >= 11 is 1.46. The normalized spacial score (nSPS) is 20.6. The zero-order valence-corrected chi connectivity index (χ0v) is 19.1. The van der Waals surface area contributed by atoms with Gasteiger partial charge in [-0.25, -0.2) is 4.98 Å². The van der Waals surface area contributed by atoms with E-state index in [-0.39, 0.29) is 18.5 Å². The van der Waals surface area contributed by atoms with Crippen LogP contribution >= 0.6 is 11.8 Å². The van der Waals surface area contributed by atoms with Gasteiger partial charge in [0.1, 0.15) is 17.6 Å². The monoisotopic (exact) mass is 454 g/mol. The number of nitrogens with one attached hydrogen (secondary N) is 1. The summed E-state index contributed by atoms with van der Waals surface area (Å²) in [5.74, 6) is 1.61. The third-order valence-electron chi connectivity index (χ3n) is 5.28. The van der Waals surface area contributed by atoms with E-state index in [4.69, 9.17) is 19.2 Å². The smallest absolute Gasteiger partial charge is 0.309 e. The molecule has 1 aliphatic rings. The average molecular weight is 455 g/mol. The number of H-pyrrole nitrogens is 1. The van der Waals surface area contributed by atoms with Crippen LogP contribution in [0.3, 0.4) is 0 Å². The largest absolute Gasteiger partial charge is 0.497 e. The van der Waals surface area contributed by atoms with Crippen molar-refractivity contribution in [2.45, 2.75) is 36.6 Å². The Morgan fingerprint density at radius 3 is 2.47 bits per heavy atom. The zero-order chi connectivity index (χ0) is 22.7. The Bertz CT molecular complexity index is 1050. The van der Waals surface area contributed by atoms with Crippen LogP contribution in [0, 0.1) is 0 Å². The molecule has 7 nitrogen and oxygen atoms in total. The van der Waals surface area contributed by atoms with Gasteiger partial charge in [-0.3, -0.25) is 4.79 Å². The Kier molecular flexibility index (Phi) is 6.43. The van der Waals surface area contributed by atoms with Gasteiger partial charge in [0.2, 0.25) is 0 Å². The predicted octanol–water partition coefficient (Wildman–Crippen LogP) is 4.31. The number of cyclic esters (lactones) is 1. The van der Waals surface area contributed by atoms with Crippen molar-refractivity contribution in [1.82, 2.24) is 9.97 Å². The van der Waals surface area contributed by atoms with Crippen LogP contribution in [0.2, 0.25) is 0 Å². The van der Waals surface area contributed by atoms with E-state index in [2.05, 4.69) is 4.98 Å². The first-order valence-corrected chi connectivity index (χ1v) is 11.3. The number of esters is 1. The first kappa shape index (κ1) is 22.2. The maximum Gasteiger partial charge on any atom is 0.309 e. The van der Waals surface area contributed by atoms with Crippen LogP contribution in [0.5, 0.6) is 11.5 Å². The van der Waals surface area contributed by atoms with Gasteiger partial charge in [-0.15, -0.1) is 0 Å². The van der Waals surface area contributed by atoms with Gasteiger partial charge in [-0.1, -0.05) is 36.0 Å². The molecular formula is C24H26N2O5S. The van der Waals surface area contributed by atoms with E-state index in [1.54, 1.807) is 21.1 Å². The highest BCUT2D eigenvalue weighted by Crippen LogP contribution is 2.36. The van der Waals surface area contributed by atoms with E-state index < -0.39 is 5.60 Å². The molecule has 0 radical (unpaired) electrons. The lowest BCUT2D eigenvalue weighted by Crippen LogP contribution is -2.41. The summed E-state index contributed by atoms with van der Waals surface area (Å²) in [4.78, 5) is 20.1. The number of carbonyl (C=O) groups excluding carboxylic acids is 1. The number of rotatable bonds is 7. The fourth-order valence-electron chi connectivity index (χ4n) is 3.79. The minimum absolute atomic E-state index is 0.0227. The van der Waals surface area contributed by atoms with Crippen molar-refractivity contribution in [2.24, 2.45) is 0 Å². The van der Waals surface area contributed by atoms with Gasteiger partial charge in [0.25, 0.3) is 0 Å². The number of methoxy groups -OCH3 is 2. The van der Waals surface area contributed by atoms with E-state index in [0.717, 1.165) is 34.0 Å². The first-order chi connectivity index (χ1) is 15.4. The molecule has 2 atom stereocenters. The molecule has 2 heterocycles. The van der Waals surface area contributed by atoms with E-state index in [0.29, 0.717) is 17.3 Å². The van der Waals surface area contributed by atoms with Crippen LogP contribution in [-0.4, -0.2) is 52.7 Å². The molecule has 4 rings (SSSR count). The third-order valence-corrected chi connectivity index (χ3v) is 6.29. The average Bonchev–Trinajstić information content (AvgIpc) is 3.21. The molecule has 0 amide bonds. The van der Waals surface area contributed by atoms with Gasteiger partial charge in [0.05, 0.1) is 37.6 Å². The molecule has 1 fully saturated rings. The van der Waals surface area contributed by atoms with Crippen LogP contribution in [0.4, 0.5) is 0 Å². The van der Waals surface area contributed by atoms with Crippen molar-refractivity contribution in [3.63, 3.8) is 0 Å². The quantitative estimate of drug-likeness (QED) is 0.406. The fourth-order valence-corrected chi connectivity index (χ4v) is 4.65. The summed E-state index contributed by atoms with van der Waals surface area (Å²) in [5, 5.41) is 11.0. The Balaban J connectivity index is 1.65. The number of hydrogen-bond acceptors (Lipinski definition) is 7. The summed E-state index contributed by atoms with van der Waals surface area (Å²) in [6.07, 6.45) is 0.0502. The fraction of sp³-hybridized carbons (Fsp3) is 0.333. The number of nitrogens with zero attached hydrogens (tertiary/aromatic N) is 1. The van der Waals surface area contributed by atoms with Crippen LogP contribution in [-0.2, 0) is 9.53 Å². The van der Waals surface area contributed by atoms with Crippen molar-refractivity contribution < 1.29 is 24.1 Å². The van der Waals surface area contributed by atoms with Crippen molar-refractivity contribution in [3.05, 3.63) is 48.5 Å². The number of aromatic amines is 1. The van der Waals surface area contributed by atoms with Crippen molar-refractivity contribution >= 4 is 17.7 Å². The number of thioether (sulfide) groups is 1. The Hall–Kier alpha value is -2.97. The Labute approximate surface area is 191 Å². The maximum absolute atomic E-state index is 11.8. The van der Waals surface area contributed by atoms with Crippen LogP contribution in [0.25, 0.3) is 22.5 Å². The lowest BCUT2D eigenvalue weighted by atomic mass is 9.93. The number of aliphatic hydroxyl groups is 1. The standard InChI is InChI=1S/C24H26N2O5S/c1-24(28)12-19(31-20(27)13-24)14-32-23-25-21(15-6-4-8-17(10-15)29-2)22(26-23)16-7-5-9-18(11-16)30-3/h4-11,19,28H,12-14H2,1-3H3,(H,25,26)/t19-,24+/m0/s1. The highest BCUT2D eigenvalue weighted by Gasteiger charge is 2.36. The van der Waals surface area contributed by atoms with Gasteiger partial charge in [0, 0.05) is 23.3 Å². The van der Waals surface area contributed by atoms with Gasteiger partial charge in [0.15, 0.2) is 5.16 Å². The molecule has 32 heavy (non-hydrogen) atoms. The highest BCUT2D eigenvalue weighted by molar-refractivity contribution is 7.99. The molecule has 0 aliphatic carbocycles. The van der Waals surface area contributed by atoms with Crippen LogP contribution in [0.15, 0.2) is 53.7 Å². The molecule has 2 aromatic carbocycles. The molecule has 3 aromatic rings. The number of imidazole rings is 1. The summed E-state index contributed by atoms with van der Waals surface area (Å²) < 4.78 is 16.2. The summed E-state index contributed by atoms with van der Waals surface area (Å²) in [5.41, 5.74) is 2.45. The lowest BCUT2D eigenvalue weighted by Gasteiger charge is -2.32. The molecule has 8 heteroatoms. The lowest BCUT2D eigenvalue weighted by molar-refractivity contribution is -0.165. The second-order valence-corrected chi connectivity index (χ2v) is 9.04. The predicted molar refractivity (Wildman–Crippen MR) is 123 cm³/mol. The maximum atomic E-state index is 11.8. The SMILES string of the molecule is COc1cccc(-c2nc(SC[C@@H]3C[C@@](C)(O)CC(=O)O3)[nH]c2-c2cccc(OC)c2)c1. The van der Waals surface area contributed by atoms with Crippen molar-refractivity contribution in [1.29, 1.82) is 0 Å². The molecule has 1 saturated heterocycles. The Morgan fingerprint density at radius 1 is 1.16 bits per heavy atom. The third kappa shape index (κ3) is 5.08. The highest BCUT2D eigenvalue weighted by atomic mass is 32.2. The summed E-state index contributed by atoms with van der Waals surface area (Å²) in [6.45, 7) is 1.67. The van der Waals surface area contributed by atoms with E-state index in [1.165, 1.54) is 11.8 Å². The molecule has 0 spiro atoms. The molecular weight excluding hydrogens is 428 g/mol. The molecule has 0 unspecified atom stereocenters. The van der Waals surface area contributed by atoms with E-state index in [1.807, 2.05) is 48.5 Å². The number of aromatic nitrogens is 2. The van der Waals surface area contributed by atoms with Crippen LogP contribution < -0.4 is 9.47 Å². The zero-order valence-electron chi connectivity index (χ0n) is 18.3. The molecule has 0 saturated carbocycles. The minimum Gasteiger partial charge on any atom is -0.497 e. The van der Waals surface area contributed by atoms with Crippen LogP contribution in [0.1, 0.15) is 19.8 Å². The van der Waals surface area contributed by atoms with Crippen molar-refractivity contribution in [2.75, 3.05) is 20.0 Å². The topological polar surface area (TPSA) is 93.7 Å². The molecule has 0 bridgehead atoms. The molecule has 168 valence electrons. The summed E-state index contributed by atoms with van der Waals surface area (Å²) in [7, 11) is 3.27. The van der Waals surface area contributed by atoms with Gasteiger partial charge in [-0.05, 0) is 31.2 Å². The number of hydrogen-bond donors (Lipinski definition) is 2. The van der Waals surface area contributed by atoms with Crippen molar-refractivity contribution in [3.8, 4) is 34.0 Å².